The van der Waals surface area contributed by atoms with Crippen LogP contribution in [-0.2, 0) is 10.2 Å². The monoisotopic (exact) mass is 682 g/mol. The number of aromatic carboxylic acids is 1. The number of amides is 1. The summed E-state index contributed by atoms with van der Waals surface area (Å²) >= 11 is 0. The molecule has 5 N–H and O–H groups in total. The third-order valence-corrected chi connectivity index (χ3v) is 9.78. The van der Waals surface area contributed by atoms with Crippen LogP contribution in [0.25, 0.3) is 0 Å². The Balaban J connectivity index is 1.70. The van der Waals surface area contributed by atoms with Crippen molar-refractivity contribution in [3.05, 3.63) is 70.0 Å². The number of alkyl halides is 4. The Morgan fingerprint density at radius 1 is 1.08 bits per heavy atom. The number of quaternary nitrogens is 1. The van der Waals surface area contributed by atoms with Gasteiger partial charge in [-0.1, -0.05) is 25.1 Å². The Morgan fingerprint density at radius 2 is 1.77 bits per heavy atom. The van der Waals surface area contributed by atoms with Crippen molar-refractivity contribution in [1.29, 1.82) is 5.41 Å². The summed E-state index contributed by atoms with van der Waals surface area (Å²) in [5.41, 5.74) is -3.81. The highest BCUT2D eigenvalue weighted by atomic mass is 19.3. The number of hydrogen-bond donors (Lipinski definition) is 4. The number of carbonyl (C=O) groups is 2. The summed E-state index contributed by atoms with van der Waals surface area (Å²) in [6.07, 6.45) is -1.31. The van der Waals surface area contributed by atoms with E-state index >= 15 is 4.39 Å². The molecule has 1 saturated heterocycles. The lowest BCUT2D eigenvalue weighted by atomic mass is 9.82. The molecule has 1 heterocycles. The van der Waals surface area contributed by atoms with Crippen LogP contribution < -0.4 is 5.32 Å². The Hall–Kier alpha value is -3.26. The molecule has 48 heavy (non-hydrogen) atoms. The largest absolute Gasteiger partial charge is 0.478 e. The van der Waals surface area contributed by atoms with E-state index in [1.54, 1.807) is 6.92 Å². The Morgan fingerprint density at radius 3 is 2.38 bits per heavy atom. The average Bonchev–Trinajstić information content (AvgIpc) is 3.84. The highest BCUT2D eigenvalue weighted by Crippen LogP contribution is 2.59. The molecular formula is C35H45F5N3O5+. The number of aliphatic hydroxyl groups is 1. The van der Waals surface area contributed by atoms with Crippen molar-refractivity contribution < 1.29 is 51.8 Å². The molecule has 0 aromatic heterocycles. The number of rotatable bonds is 14. The minimum Gasteiger partial charge on any atom is -0.478 e. The molecule has 0 radical (unpaired) electrons. The smallest absolute Gasteiger partial charge is 0.343 e. The molecule has 1 amide bonds. The van der Waals surface area contributed by atoms with Crippen LogP contribution in [0.3, 0.4) is 0 Å². The number of carboxylic acid groups (broad SMARTS) is 1. The normalized spacial score (nSPS) is 19.1. The zero-order valence-corrected chi connectivity index (χ0v) is 27.3. The number of hydrogen-bond acceptors (Lipinski definition) is 6. The van der Waals surface area contributed by atoms with Crippen LogP contribution in [-0.4, -0.2) is 77.2 Å². The van der Waals surface area contributed by atoms with Gasteiger partial charge in [-0.25, -0.2) is 31.5 Å². The van der Waals surface area contributed by atoms with E-state index in [-0.39, 0.29) is 54.5 Å². The number of nitrogens with two attached hydrogens (primary N) is 1. The number of nitrogens with one attached hydrogen (secondary N) is 1. The third-order valence-electron chi connectivity index (χ3n) is 9.78. The molecule has 0 spiro atoms. The van der Waals surface area contributed by atoms with E-state index in [4.69, 9.17) is 10.1 Å². The van der Waals surface area contributed by atoms with Crippen molar-refractivity contribution in [3.63, 3.8) is 0 Å². The second-order valence-corrected chi connectivity index (χ2v) is 12.9. The topological polar surface area (TPSA) is 128 Å². The van der Waals surface area contributed by atoms with Gasteiger partial charge in [0.2, 0.25) is 0 Å². The van der Waals surface area contributed by atoms with Gasteiger partial charge < -0.3 is 20.4 Å². The number of nitrogens with zero attached hydrogens (tertiary/aromatic N) is 1. The third kappa shape index (κ3) is 8.47. The van der Waals surface area contributed by atoms with Crippen LogP contribution >= 0.6 is 0 Å². The maximum atomic E-state index is 15.2. The standard InChI is InChI=1S/C35H44F5N3O5/c1-3-22(30(41)23-11-10-21(33(46)47)20-26(23)36)27(12-13-28(44)43-16-4-5-18-48-19-7-17-43)42-32(45)29-24(31(37)38)8-6-9-25(29)35(14-15-35)34(2,39)40/h6,8-11,20,22,27-28,31,41,44H,3-5,7,12-19H2,1-2H3,(H,42,45)(H,46,47)/p+1. The minimum absolute atomic E-state index is 0.0216. The Labute approximate surface area is 277 Å². The number of aliphatic hydroxyl groups excluding tert-OH is 1. The van der Waals surface area contributed by atoms with Crippen molar-refractivity contribution in [1.82, 2.24) is 4.90 Å². The molecule has 2 aliphatic rings. The summed E-state index contributed by atoms with van der Waals surface area (Å²) in [6, 6.07) is 5.83. The molecular weight excluding hydrogens is 637 g/mol. The lowest BCUT2D eigenvalue weighted by Gasteiger charge is -2.30. The number of ether oxygens (including phenoxy) is 1. The zero-order valence-electron chi connectivity index (χ0n) is 27.3. The van der Waals surface area contributed by atoms with E-state index in [9.17, 15) is 37.4 Å². The molecule has 13 heteroatoms. The SMILES string of the molecule is CCC(C(=N)c1ccc(C(=O)O)cc1F)C(CCC(O)N1CCCCOCCC1)[NH2+]C(=O)c1c(C(F)F)cccc1C1(C(C)(F)F)CC1. The van der Waals surface area contributed by atoms with Gasteiger partial charge in [-0.15, -0.1) is 0 Å². The van der Waals surface area contributed by atoms with Crippen molar-refractivity contribution in [2.75, 3.05) is 26.3 Å². The molecule has 2 aromatic carbocycles. The average molecular weight is 683 g/mol. The lowest BCUT2D eigenvalue weighted by molar-refractivity contribution is -0.601. The molecule has 3 atom stereocenters. The number of carbonyl (C=O) groups excluding carboxylic acids is 1. The van der Waals surface area contributed by atoms with E-state index in [0.717, 1.165) is 31.0 Å². The molecule has 3 unspecified atom stereocenters. The molecule has 8 nitrogen and oxygen atoms in total. The number of carboxylic acids is 1. The predicted octanol–water partition coefficient (Wildman–Crippen LogP) is 5.92. The molecule has 2 fully saturated rings. The van der Waals surface area contributed by atoms with Crippen LogP contribution in [0.5, 0.6) is 0 Å². The van der Waals surface area contributed by atoms with Crippen LogP contribution in [0.2, 0.25) is 0 Å². The van der Waals surface area contributed by atoms with Gasteiger partial charge >= 0.3 is 11.9 Å². The van der Waals surface area contributed by atoms with Gasteiger partial charge in [0, 0.05) is 50.8 Å². The molecule has 264 valence electrons. The lowest BCUT2D eigenvalue weighted by Crippen LogP contribution is -2.95. The molecule has 4 rings (SSSR count). The van der Waals surface area contributed by atoms with Gasteiger partial charge in [0.15, 0.2) is 0 Å². The fraction of sp³-hybridized carbons (Fsp3) is 0.571. The van der Waals surface area contributed by atoms with Crippen molar-refractivity contribution in [3.8, 4) is 0 Å². The summed E-state index contributed by atoms with van der Waals surface area (Å²) in [5, 5.41) is 30.6. The Kier molecular flexibility index (Phi) is 12.5. The van der Waals surface area contributed by atoms with Crippen molar-refractivity contribution in [2.24, 2.45) is 5.92 Å². The van der Waals surface area contributed by atoms with E-state index in [0.29, 0.717) is 39.6 Å². The highest BCUT2D eigenvalue weighted by Gasteiger charge is 2.61. The first kappa shape index (κ1) is 37.6. The van der Waals surface area contributed by atoms with Gasteiger partial charge in [-0.05, 0) is 68.7 Å². The first-order valence-corrected chi connectivity index (χ1v) is 16.5. The minimum atomic E-state index is -3.28. The fourth-order valence-corrected chi connectivity index (χ4v) is 6.89. The van der Waals surface area contributed by atoms with Gasteiger partial charge in [0.05, 0.1) is 28.2 Å². The van der Waals surface area contributed by atoms with Crippen LogP contribution in [0.4, 0.5) is 22.0 Å². The first-order chi connectivity index (χ1) is 22.7. The van der Waals surface area contributed by atoms with Gasteiger partial charge in [0.1, 0.15) is 18.1 Å². The summed E-state index contributed by atoms with van der Waals surface area (Å²) in [4.78, 5) is 27.4. The maximum absolute atomic E-state index is 15.2. The number of benzene rings is 2. The van der Waals surface area contributed by atoms with Gasteiger partial charge in [-0.3, -0.25) is 10.2 Å². The summed E-state index contributed by atoms with van der Waals surface area (Å²) < 4.78 is 79.2. The van der Waals surface area contributed by atoms with Crippen LogP contribution in [0, 0.1) is 17.1 Å². The summed E-state index contributed by atoms with van der Waals surface area (Å²) in [6.45, 7) is 4.75. The molecule has 1 aliphatic heterocycles. The highest BCUT2D eigenvalue weighted by molar-refractivity contribution is 6.01. The summed E-state index contributed by atoms with van der Waals surface area (Å²) in [7, 11) is 0. The van der Waals surface area contributed by atoms with Gasteiger partial charge in [0.25, 0.3) is 12.3 Å². The number of halogens is 5. The Bertz CT molecular complexity index is 1450. The summed E-state index contributed by atoms with van der Waals surface area (Å²) in [5.74, 6) is -7.34. The van der Waals surface area contributed by atoms with Gasteiger partial charge in [-0.2, -0.15) is 0 Å². The van der Waals surface area contributed by atoms with Crippen molar-refractivity contribution in [2.45, 2.75) is 95.2 Å². The molecule has 0 bridgehead atoms. The molecule has 1 aliphatic carbocycles. The van der Waals surface area contributed by atoms with Crippen molar-refractivity contribution >= 4 is 17.6 Å². The van der Waals surface area contributed by atoms with Crippen LogP contribution in [0.1, 0.15) is 109 Å². The van der Waals surface area contributed by atoms with E-state index in [1.165, 1.54) is 23.5 Å². The van der Waals surface area contributed by atoms with E-state index < -0.39 is 64.8 Å². The first-order valence-electron chi connectivity index (χ1n) is 16.5. The quantitative estimate of drug-likeness (QED) is 0.145. The van der Waals surface area contributed by atoms with E-state index in [1.807, 2.05) is 4.90 Å². The fourth-order valence-electron chi connectivity index (χ4n) is 6.89. The van der Waals surface area contributed by atoms with Crippen LogP contribution in [0.15, 0.2) is 36.4 Å². The number of primary amides is 1. The zero-order chi connectivity index (χ0) is 35.2. The second kappa shape index (κ2) is 16.0. The second-order valence-electron chi connectivity index (χ2n) is 12.9. The van der Waals surface area contributed by atoms with E-state index in [2.05, 4.69) is 0 Å². The molecule has 1 saturated carbocycles. The molecule has 2 aromatic rings. The maximum Gasteiger partial charge on any atom is 0.343 e. The predicted molar refractivity (Wildman–Crippen MR) is 168 cm³/mol.